The van der Waals surface area contributed by atoms with Crippen molar-refractivity contribution in [3.63, 3.8) is 0 Å². The van der Waals surface area contributed by atoms with Crippen molar-refractivity contribution >= 4 is 5.97 Å². The van der Waals surface area contributed by atoms with Gasteiger partial charge in [0.1, 0.15) is 0 Å². The summed E-state index contributed by atoms with van der Waals surface area (Å²) in [6.45, 7) is 3.72. The van der Waals surface area contributed by atoms with Gasteiger partial charge in [-0.2, -0.15) is 4.98 Å². The van der Waals surface area contributed by atoms with Crippen LogP contribution in [0.2, 0.25) is 0 Å². The first-order chi connectivity index (χ1) is 10.6. The van der Waals surface area contributed by atoms with E-state index in [2.05, 4.69) is 10.1 Å². The molecule has 5 nitrogen and oxygen atoms in total. The van der Waals surface area contributed by atoms with Crippen LogP contribution < -0.4 is 0 Å². The minimum Gasteiger partial charge on any atom is -0.478 e. The molecule has 0 saturated carbocycles. The molecule has 110 valence electrons. The summed E-state index contributed by atoms with van der Waals surface area (Å²) in [4.78, 5) is 15.4. The van der Waals surface area contributed by atoms with Crippen molar-refractivity contribution in [1.82, 2.24) is 10.1 Å². The molecule has 0 atom stereocenters. The molecule has 0 fully saturated rings. The Kier molecular flexibility index (Phi) is 3.47. The highest BCUT2D eigenvalue weighted by molar-refractivity contribution is 5.90. The summed E-state index contributed by atoms with van der Waals surface area (Å²) >= 11 is 0. The number of carboxylic acid groups (broad SMARTS) is 1. The number of aryl methyl sites for hydroxylation is 2. The molecular formula is C17H14N2O3. The van der Waals surface area contributed by atoms with Gasteiger partial charge in [0.15, 0.2) is 0 Å². The van der Waals surface area contributed by atoms with E-state index in [9.17, 15) is 4.79 Å². The Morgan fingerprint density at radius 1 is 1.09 bits per heavy atom. The summed E-state index contributed by atoms with van der Waals surface area (Å²) in [6.07, 6.45) is 0. The lowest BCUT2D eigenvalue weighted by Gasteiger charge is -2.02. The fourth-order valence-corrected chi connectivity index (χ4v) is 2.31. The zero-order valence-corrected chi connectivity index (χ0v) is 12.2. The standard InChI is InChI=1S/C17H14N2O3/c1-10-5-3-4-6-13(10)16-18-15(19-22-16)12-7-8-14(17(20)21)11(2)9-12/h3-9H,1-2H3,(H,20,21). The number of hydrogen-bond donors (Lipinski definition) is 1. The Morgan fingerprint density at radius 3 is 2.55 bits per heavy atom. The molecule has 3 rings (SSSR count). The number of carbonyl (C=O) groups is 1. The summed E-state index contributed by atoms with van der Waals surface area (Å²) in [5.41, 5.74) is 3.60. The van der Waals surface area contributed by atoms with Crippen molar-refractivity contribution < 1.29 is 14.4 Å². The van der Waals surface area contributed by atoms with E-state index in [1.807, 2.05) is 31.2 Å². The first-order valence-electron chi connectivity index (χ1n) is 6.80. The minimum absolute atomic E-state index is 0.270. The van der Waals surface area contributed by atoms with E-state index < -0.39 is 5.97 Å². The van der Waals surface area contributed by atoms with Gasteiger partial charge in [-0.3, -0.25) is 0 Å². The molecule has 0 aliphatic rings. The second-order valence-corrected chi connectivity index (χ2v) is 5.07. The van der Waals surface area contributed by atoms with Gasteiger partial charge in [0.2, 0.25) is 5.82 Å². The third-order valence-corrected chi connectivity index (χ3v) is 3.52. The molecule has 1 N–H and O–H groups in total. The molecule has 0 unspecified atom stereocenters. The van der Waals surface area contributed by atoms with Gasteiger partial charge in [0.05, 0.1) is 5.56 Å². The van der Waals surface area contributed by atoms with Crippen LogP contribution in [0.3, 0.4) is 0 Å². The van der Waals surface area contributed by atoms with Crippen LogP contribution >= 0.6 is 0 Å². The minimum atomic E-state index is -0.947. The number of nitrogens with zero attached hydrogens (tertiary/aromatic N) is 2. The van der Waals surface area contributed by atoms with E-state index in [0.717, 1.165) is 16.7 Å². The predicted octanol–water partition coefficient (Wildman–Crippen LogP) is 3.72. The number of aromatic carboxylic acids is 1. The van der Waals surface area contributed by atoms with Gasteiger partial charge < -0.3 is 9.63 Å². The summed E-state index contributed by atoms with van der Waals surface area (Å²) in [5.74, 6) is -0.0517. The van der Waals surface area contributed by atoms with E-state index in [1.165, 1.54) is 0 Å². The van der Waals surface area contributed by atoms with E-state index >= 15 is 0 Å². The van der Waals surface area contributed by atoms with Gasteiger partial charge in [0.25, 0.3) is 5.89 Å². The van der Waals surface area contributed by atoms with Crippen molar-refractivity contribution in [2.75, 3.05) is 0 Å². The molecule has 1 aromatic heterocycles. The fourth-order valence-electron chi connectivity index (χ4n) is 2.31. The molecule has 0 radical (unpaired) electrons. The fraction of sp³-hybridized carbons (Fsp3) is 0.118. The molecule has 0 spiro atoms. The maximum Gasteiger partial charge on any atom is 0.335 e. The molecule has 0 saturated heterocycles. The zero-order valence-electron chi connectivity index (χ0n) is 12.2. The van der Waals surface area contributed by atoms with Crippen molar-refractivity contribution in [3.05, 3.63) is 59.2 Å². The van der Waals surface area contributed by atoms with E-state index in [4.69, 9.17) is 9.63 Å². The van der Waals surface area contributed by atoms with Crippen LogP contribution in [0.4, 0.5) is 0 Å². The summed E-state index contributed by atoms with van der Waals surface area (Å²) < 4.78 is 5.33. The van der Waals surface area contributed by atoms with Gasteiger partial charge in [-0.1, -0.05) is 29.4 Å². The average Bonchev–Trinajstić information content (AvgIpc) is 2.97. The van der Waals surface area contributed by atoms with Gasteiger partial charge in [-0.05, 0) is 43.2 Å². The highest BCUT2D eigenvalue weighted by Gasteiger charge is 2.14. The van der Waals surface area contributed by atoms with Crippen molar-refractivity contribution in [3.8, 4) is 22.8 Å². The van der Waals surface area contributed by atoms with Crippen LogP contribution in [0.25, 0.3) is 22.8 Å². The van der Waals surface area contributed by atoms with Crippen LogP contribution in [0, 0.1) is 13.8 Å². The van der Waals surface area contributed by atoms with Gasteiger partial charge in [-0.15, -0.1) is 0 Å². The quantitative estimate of drug-likeness (QED) is 0.796. The second-order valence-electron chi connectivity index (χ2n) is 5.07. The first kappa shape index (κ1) is 14.0. The summed E-state index contributed by atoms with van der Waals surface area (Å²) in [5, 5.41) is 13.0. The third-order valence-electron chi connectivity index (χ3n) is 3.52. The predicted molar refractivity (Wildman–Crippen MR) is 81.6 cm³/mol. The third kappa shape index (κ3) is 2.48. The number of rotatable bonds is 3. The van der Waals surface area contributed by atoms with Gasteiger partial charge in [-0.25, -0.2) is 4.79 Å². The molecule has 0 amide bonds. The lowest BCUT2D eigenvalue weighted by Crippen LogP contribution is -1.99. The Hall–Kier alpha value is -2.95. The second kappa shape index (κ2) is 5.44. The highest BCUT2D eigenvalue weighted by atomic mass is 16.5. The lowest BCUT2D eigenvalue weighted by molar-refractivity contribution is 0.0696. The van der Waals surface area contributed by atoms with Crippen molar-refractivity contribution in [1.29, 1.82) is 0 Å². The SMILES string of the molecule is Cc1cc(-c2noc(-c3ccccc3C)n2)ccc1C(=O)O. The number of aromatic nitrogens is 2. The normalized spacial score (nSPS) is 10.6. The largest absolute Gasteiger partial charge is 0.478 e. The maximum absolute atomic E-state index is 11.0. The molecule has 5 heteroatoms. The van der Waals surface area contributed by atoms with Crippen LogP contribution in [0.1, 0.15) is 21.5 Å². The van der Waals surface area contributed by atoms with Gasteiger partial charge in [0, 0.05) is 11.1 Å². The van der Waals surface area contributed by atoms with Crippen LogP contribution in [0.5, 0.6) is 0 Å². The molecule has 0 aliphatic heterocycles. The van der Waals surface area contributed by atoms with Gasteiger partial charge >= 0.3 is 5.97 Å². The van der Waals surface area contributed by atoms with E-state index in [0.29, 0.717) is 17.3 Å². The molecule has 2 aromatic carbocycles. The van der Waals surface area contributed by atoms with E-state index in [1.54, 1.807) is 25.1 Å². The molecule has 3 aromatic rings. The smallest absolute Gasteiger partial charge is 0.335 e. The number of carboxylic acids is 1. The van der Waals surface area contributed by atoms with Crippen LogP contribution in [-0.2, 0) is 0 Å². The molecular weight excluding hydrogens is 280 g/mol. The average molecular weight is 294 g/mol. The Labute approximate surface area is 127 Å². The van der Waals surface area contributed by atoms with Crippen LogP contribution in [0.15, 0.2) is 47.0 Å². The van der Waals surface area contributed by atoms with Crippen molar-refractivity contribution in [2.24, 2.45) is 0 Å². The monoisotopic (exact) mass is 294 g/mol. The molecule has 22 heavy (non-hydrogen) atoms. The Morgan fingerprint density at radius 2 is 1.86 bits per heavy atom. The van der Waals surface area contributed by atoms with Crippen LogP contribution in [-0.4, -0.2) is 21.2 Å². The Bertz CT molecular complexity index is 853. The van der Waals surface area contributed by atoms with Crippen molar-refractivity contribution in [2.45, 2.75) is 13.8 Å². The number of benzene rings is 2. The highest BCUT2D eigenvalue weighted by Crippen LogP contribution is 2.25. The lowest BCUT2D eigenvalue weighted by atomic mass is 10.0. The zero-order chi connectivity index (χ0) is 15.7. The topological polar surface area (TPSA) is 76.2 Å². The molecule has 0 aliphatic carbocycles. The number of hydrogen-bond acceptors (Lipinski definition) is 4. The summed E-state index contributed by atoms with van der Waals surface area (Å²) in [7, 11) is 0. The summed E-state index contributed by atoms with van der Waals surface area (Å²) in [6, 6.07) is 12.7. The maximum atomic E-state index is 11.0. The molecule has 0 bridgehead atoms. The first-order valence-corrected chi connectivity index (χ1v) is 6.80. The molecule has 1 heterocycles. The van der Waals surface area contributed by atoms with E-state index in [-0.39, 0.29) is 5.56 Å². The Balaban J connectivity index is 1.99.